The van der Waals surface area contributed by atoms with Gasteiger partial charge >= 0.3 is 0 Å². The van der Waals surface area contributed by atoms with Crippen LogP contribution in [0.2, 0.25) is 0 Å². The molecule has 0 saturated heterocycles. The number of alkyl halides is 1. The molecule has 0 atom stereocenters. The smallest absolute Gasteiger partial charge is 0.190 e. The fraction of sp³-hybridized carbons (Fsp3) is 0.333. The highest BCUT2D eigenvalue weighted by molar-refractivity contribution is 5.33. The second-order valence-electron chi connectivity index (χ2n) is 2.63. The van der Waals surface area contributed by atoms with E-state index >= 15 is 0 Å². The van der Waals surface area contributed by atoms with Gasteiger partial charge in [0.25, 0.3) is 0 Å². The summed E-state index contributed by atoms with van der Waals surface area (Å²) in [5.74, 6) is -3.10. The number of halogens is 3. The molecule has 1 aromatic carbocycles. The lowest BCUT2D eigenvalue weighted by Gasteiger charge is -2.07. The number of hydrogen-bond donors (Lipinski definition) is 1. The highest BCUT2D eigenvalue weighted by Gasteiger charge is 2.11. The van der Waals surface area contributed by atoms with Crippen LogP contribution in [0.5, 0.6) is 11.5 Å². The topological polar surface area (TPSA) is 29.5 Å². The number of ether oxygens (including phenoxy) is 1. The molecular weight excluding hydrogens is 197 g/mol. The number of phenolic OH excluding ortho intramolecular Hbond substituents is 1. The van der Waals surface area contributed by atoms with Crippen LogP contribution in [-0.2, 0) is 0 Å². The van der Waals surface area contributed by atoms with Crippen molar-refractivity contribution in [3.63, 3.8) is 0 Å². The van der Waals surface area contributed by atoms with Crippen molar-refractivity contribution in [1.29, 1.82) is 0 Å². The van der Waals surface area contributed by atoms with Gasteiger partial charge in [0.15, 0.2) is 17.4 Å². The van der Waals surface area contributed by atoms with E-state index in [2.05, 4.69) is 4.74 Å². The third kappa shape index (κ3) is 2.55. The van der Waals surface area contributed by atoms with Crippen LogP contribution in [-0.4, -0.2) is 18.4 Å². The van der Waals surface area contributed by atoms with E-state index in [9.17, 15) is 13.2 Å². The molecule has 0 heterocycles. The number of aromatic hydroxyl groups is 1. The predicted octanol–water partition coefficient (Wildman–Crippen LogP) is 2.41. The summed E-state index contributed by atoms with van der Waals surface area (Å²) < 4.78 is 42.2. The van der Waals surface area contributed by atoms with Crippen molar-refractivity contribution in [2.45, 2.75) is 6.42 Å². The van der Waals surface area contributed by atoms with E-state index in [1.807, 2.05) is 0 Å². The summed E-state index contributed by atoms with van der Waals surface area (Å²) in [5, 5.41) is 8.79. The van der Waals surface area contributed by atoms with Gasteiger partial charge in [0.2, 0.25) is 0 Å². The summed E-state index contributed by atoms with van der Waals surface area (Å²) in [6.07, 6.45) is 0.0692. The minimum absolute atomic E-state index is 0.0692. The van der Waals surface area contributed by atoms with E-state index in [1.165, 1.54) is 0 Å². The first-order valence-electron chi connectivity index (χ1n) is 4.02. The van der Waals surface area contributed by atoms with Crippen LogP contribution in [0.4, 0.5) is 13.2 Å². The Morgan fingerprint density at radius 1 is 1.21 bits per heavy atom. The molecular formula is C9H9F3O2. The zero-order valence-corrected chi connectivity index (χ0v) is 7.27. The lowest BCUT2D eigenvalue weighted by Crippen LogP contribution is -2.02. The molecule has 0 spiro atoms. The van der Waals surface area contributed by atoms with E-state index < -0.39 is 29.8 Å². The third-order valence-electron chi connectivity index (χ3n) is 1.51. The Bertz CT molecular complexity index is 292. The fourth-order valence-corrected chi connectivity index (χ4v) is 0.913. The SMILES string of the molecule is Oc1cc(F)c(OCCCF)c(F)c1. The maximum Gasteiger partial charge on any atom is 0.190 e. The summed E-state index contributed by atoms with van der Waals surface area (Å²) >= 11 is 0. The van der Waals surface area contributed by atoms with Crippen LogP contribution in [0, 0.1) is 11.6 Å². The lowest BCUT2D eigenvalue weighted by molar-refractivity contribution is 0.263. The van der Waals surface area contributed by atoms with Crippen LogP contribution in [0.3, 0.4) is 0 Å². The molecule has 0 fully saturated rings. The third-order valence-corrected chi connectivity index (χ3v) is 1.51. The van der Waals surface area contributed by atoms with Gasteiger partial charge in [-0.3, -0.25) is 4.39 Å². The highest BCUT2D eigenvalue weighted by Crippen LogP contribution is 2.26. The van der Waals surface area contributed by atoms with Crippen molar-refractivity contribution in [2.24, 2.45) is 0 Å². The Morgan fingerprint density at radius 3 is 2.29 bits per heavy atom. The van der Waals surface area contributed by atoms with E-state index in [0.717, 1.165) is 12.1 Å². The van der Waals surface area contributed by atoms with E-state index in [-0.39, 0.29) is 13.0 Å². The first kappa shape index (κ1) is 10.7. The van der Waals surface area contributed by atoms with E-state index in [0.29, 0.717) is 0 Å². The second-order valence-corrected chi connectivity index (χ2v) is 2.63. The molecule has 0 aromatic heterocycles. The van der Waals surface area contributed by atoms with Gasteiger partial charge in [-0.1, -0.05) is 0 Å². The molecule has 0 aliphatic heterocycles. The predicted molar refractivity (Wildman–Crippen MR) is 44.1 cm³/mol. The summed E-state index contributed by atoms with van der Waals surface area (Å²) in [5.41, 5.74) is 0. The molecule has 0 amide bonds. The maximum atomic E-state index is 12.9. The maximum absolute atomic E-state index is 12.9. The van der Waals surface area contributed by atoms with Crippen molar-refractivity contribution < 1.29 is 23.0 Å². The van der Waals surface area contributed by atoms with Crippen LogP contribution < -0.4 is 4.74 Å². The van der Waals surface area contributed by atoms with Gasteiger partial charge in [-0.05, 0) is 0 Å². The van der Waals surface area contributed by atoms with Gasteiger partial charge in [-0.25, -0.2) is 8.78 Å². The summed E-state index contributed by atoms with van der Waals surface area (Å²) in [7, 11) is 0. The number of rotatable bonds is 4. The first-order valence-corrected chi connectivity index (χ1v) is 4.02. The van der Waals surface area contributed by atoms with Crippen LogP contribution >= 0.6 is 0 Å². The van der Waals surface area contributed by atoms with Gasteiger partial charge in [0.1, 0.15) is 5.75 Å². The molecule has 0 bridgehead atoms. The Balaban J connectivity index is 2.75. The van der Waals surface area contributed by atoms with Gasteiger partial charge in [0.05, 0.1) is 13.3 Å². The van der Waals surface area contributed by atoms with E-state index in [4.69, 9.17) is 5.11 Å². The fourth-order valence-electron chi connectivity index (χ4n) is 0.913. The molecule has 5 heteroatoms. The monoisotopic (exact) mass is 206 g/mol. The molecule has 1 N–H and O–H groups in total. The lowest BCUT2D eigenvalue weighted by atomic mass is 10.3. The summed E-state index contributed by atoms with van der Waals surface area (Å²) in [6.45, 7) is -0.712. The van der Waals surface area contributed by atoms with E-state index in [1.54, 1.807) is 0 Å². The Hall–Kier alpha value is -1.39. The largest absolute Gasteiger partial charge is 0.508 e. The van der Waals surface area contributed by atoms with Crippen molar-refractivity contribution in [2.75, 3.05) is 13.3 Å². The first-order chi connectivity index (χ1) is 6.65. The van der Waals surface area contributed by atoms with Crippen molar-refractivity contribution >= 4 is 0 Å². The Morgan fingerprint density at radius 2 is 1.79 bits per heavy atom. The Kier molecular flexibility index (Phi) is 3.62. The van der Waals surface area contributed by atoms with Crippen molar-refractivity contribution in [1.82, 2.24) is 0 Å². The minimum Gasteiger partial charge on any atom is -0.508 e. The quantitative estimate of drug-likeness (QED) is 0.766. The van der Waals surface area contributed by atoms with Gasteiger partial charge in [-0.15, -0.1) is 0 Å². The highest BCUT2D eigenvalue weighted by atomic mass is 19.1. The number of phenols is 1. The van der Waals surface area contributed by atoms with Gasteiger partial charge < -0.3 is 9.84 Å². The number of hydrogen-bond acceptors (Lipinski definition) is 2. The molecule has 0 aliphatic carbocycles. The average molecular weight is 206 g/mol. The van der Waals surface area contributed by atoms with Gasteiger partial charge in [-0.2, -0.15) is 0 Å². The standard InChI is InChI=1S/C9H9F3O2/c10-2-1-3-14-9-7(11)4-6(13)5-8(9)12/h4-5,13H,1-3H2. The molecule has 0 unspecified atom stereocenters. The zero-order valence-electron chi connectivity index (χ0n) is 7.27. The molecule has 14 heavy (non-hydrogen) atoms. The van der Waals surface area contributed by atoms with Crippen LogP contribution in [0.25, 0.3) is 0 Å². The Labute approximate surface area is 78.9 Å². The van der Waals surface area contributed by atoms with Crippen LogP contribution in [0.15, 0.2) is 12.1 Å². The summed E-state index contributed by atoms with van der Waals surface area (Å²) in [6, 6.07) is 1.46. The van der Waals surface area contributed by atoms with Crippen molar-refractivity contribution in [3.8, 4) is 11.5 Å². The van der Waals surface area contributed by atoms with Crippen molar-refractivity contribution in [3.05, 3.63) is 23.8 Å². The molecule has 0 radical (unpaired) electrons. The second kappa shape index (κ2) is 4.74. The van der Waals surface area contributed by atoms with Gasteiger partial charge in [0, 0.05) is 18.6 Å². The zero-order chi connectivity index (χ0) is 10.6. The molecule has 1 aromatic rings. The molecule has 0 aliphatic rings. The molecule has 0 saturated carbocycles. The number of benzene rings is 1. The normalized spacial score (nSPS) is 10.2. The average Bonchev–Trinajstić information content (AvgIpc) is 2.09. The molecule has 78 valence electrons. The molecule has 2 nitrogen and oxygen atoms in total. The van der Waals surface area contributed by atoms with Crippen LogP contribution in [0.1, 0.15) is 6.42 Å². The minimum atomic E-state index is -0.999. The molecule has 1 rings (SSSR count). The summed E-state index contributed by atoms with van der Waals surface area (Å²) in [4.78, 5) is 0.